The predicted octanol–water partition coefficient (Wildman–Crippen LogP) is -2.81. The topological polar surface area (TPSA) is 361 Å². The molecule has 0 aromatic carbocycles. The largest absolute Gasteiger partial charge is 0.462 e. The summed E-state index contributed by atoms with van der Waals surface area (Å²) in [5.41, 5.74) is 0.563. The van der Waals surface area contributed by atoms with Gasteiger partial charge in [-0.15, -0.1) is 0 Å². The molecule has 6 heterocycles. The monoisotopic (exact) mass is 1090 g/mol. The number of aliphatic hydroxyl groups excluding tert-OH is 12. The fourth-order valence-electron chi connectivity index (χ4n) is 15.7. The summed E-state index contributed by atoms with van der Waals surface area (Å²) in [7, 11) is 0. The van der Waals surface area contributed by atoms with Crippen LogP contribution < -0.4 is 0 Å². The van der Waals surface area contributed by atoms with Crippen LogP contribution in [0.3, 0.4) is 0 Å². The fourth-order valence-corrected chi connectivity index (χ4v) is 15.7. The normalized spacial score (nSPS) is 55.2. The van der Waals surface area contributed by atoms with Crippen LogP contribution in [0.4, 0.5) is 0 Å². The van der Waals surface area contributed by atoms with E-state index in [0.717, 1.165) is 44.1 Å². The molecule has 0 aromatic rings. The number of carbonyl (C=O) groups is 1. The number of esters is 1. The first-order valence-electron chi connectivity index (χ1n) is 27.4. The SMILES string of the molecule is CC(=O)OC1CC(OC2OC(CO)C(OC3OC(CO)C(O)C(OC4OCC(O)C(O)C4O)C3OC3OC(CO)C(O)C(O)C3O)C(O)C2O)CC2=CCC3C4CC5OC6(CCC(C)CO6)C(C)C5C4(C)CCC3C21C. The molecule has 76 heavy (non-hydrogen) atoms. The summed E-state index contributed by atoms with van der Waals surface area (Å²) in [6.07, 6.45) is -26.7. The van der Waals surface area contributed by atoms with E-state index in [1.165, 1.54) is 6.92 Å². The third-order valence-electron chi connectivity index (χ3n) is 19.8. The van der Waals surface area contributed by atoms with Crippen molar-refractivity contribution in [2.75, 3.05) is 33.0 Å². The first kappa shape index (κ1) is 57.6. The summed E-state index contributed by atoms with van der Waals surface area (Å²) >= 11 is 0. The highest BCUT2D eigenvalue weighted by atomic mass is 16.8. The Kier molecular flexibility index (Phi) is 16.8. The van der Waals surface area contributed by atoms with E-state index in [9.17, 15) is 66.1 Å². The average molecular weight is 1090 g/mol. The van der Waals surface area contributed by atoms with Gasteiger partial charge in [0.15, 0.2) is 30.9 Å². The van der Waals surface area contributed by atoms with Gasteiger partial charge in [0.2, 0.25) is 0 Å². The van der Waals surface area contributed by atoms with Gasteiger partial charge in [0.05, 0.1) is 45.2 Å². The Morgan fingerprint density at radius 1 is 0.658 bits per heavy atom. The molecule has 0 radical (unpaired) electrons. The number of carbonyl (C=O) groups excluding carboxylic acids is 1. The van der Waals surface area contributed by atoms with Gasteiger partial charge in [0, 0.05) is 31.1 Å². The maximum Gasteiger partial charge on any atom is 0.302 e. The van der Waals surface area contributed by atoms with Crippen molar-refractivity contribution in [3.8, 4) is 0 Å². The smallest absolute Gasteiger partial charge is 0.302 e. The number of hydrogen-bond donors (Lipinski definition) is 12. The second-order valence-corrected chi connectivity index (χ2v) is 24.1. The second-order valence-electron chi connectivity index (χ2n) is 24.1. The van der Waals surface area contributed by atoms with Crippen molar-refractivity contribution in [1.29, 1.82) is 0 Å². The van der Waals surface area contributed by atoms with Crippen molar-refractivity contribution in [1.82, 2.24) is 0 Å². The maximum atomic E-state index is 13.0. The molecule has 9 fully saturated rings. The highest BCUT2D eigenvalue weighted by Crippen LogP contribution is 2.71. The molecule has 31 atom stereocenters. The zero-order valence-electron chi connectivity index (χ0n) is 43.7. The lowest BCUT2D eigenvalue weighted by Crippen LogP contribution is -2.68. The van der Waals surface area contributed by atoms with Crippen LogP contribution >= 0.6 is 0 Å². The Bertz CT molecular complexity index is 2040. The van der Waals surface area contributed by atoms with Gasteiger partial charge in [-0.3, -0.25) is 4.79 Å². The van der Waals surface area contributed by atoms with E-state index >= 15 is 0 Å². The summed E-state index contributed by atoms with van der Waals surface area (Å²) in [5.74, 6) is 1.04. The lowest BCUT2D eigenvalue weighted by molar-refractivity contribution is -0.404. The fraction of sp³-hybridized carbons (Fsp3) is 0.942. The number of fused-ring (bicyclic) bond motifs is 7. The molecule has 24 nitrogen and oxygen atoms in total. The Labute approximate surface area is 441 Å². The quantitative estimate of drug-likeness (QED) is 0.0693. The van der Waals surface area contributed by atoms with E-state index in [1.54, 1.807) is 0 Å². The molecule has 24 heteroatoms. The molecule has 6 aliphatic heterocycles. The molecule has 3 saturated carbocycles. The molecule has 12 N–H and O–H groups in total. The van der Waals surface area contributed by atoms with Crippen molar-refractivity contribution in [3.63, 3.8) is 0 Å². The molecule has 1 spiro atoms. The van der Waals surface area contributed by atoms with E-state index in [1.807, 2.05) is 0 Å². The van der Waals surface area contributed by atoms with E-state index in [0.29, 0.717) is 36.7 Å². The number of hydrogen-bond acceptors (Lipinski definition) is 24. The summed E-state index contributed by atoms with van der Waals surface area (Å²) < 4.78 is 67.6. The number of aliphatic hydroxyl groups is 12. The van der Waals surface area contributed by atoms with Crippen LogP contribution in [0.15, 0.2) is 11.6 Å². The van der Waals surface area contributed by atoms with Crippen molar-refractivity contribution in [2.45, 2.75) is 227 Å². The van der Waals surface area contributed by atoms with Crippen LogP contribution in [-0.2, 0) is 56.9 Å². The van der Waals surface area contributed by atoms with Gasteiger partial charge in [-0.2, -0.15) is 0 Å². The molecule has 0 aromatic heterocycles. The number of rotatable bonds is 12. The molecular formula is C52H82O24. The molecule has 10 rings (SSSR count). The zero-order chi connectivity index (χ0) is 54.5. The van der Waals surface area contributed by atoms with Crippen molar-refractivity contribution in [3.05, 3.63) is 11.6 Å². The average Bonchev–Trinajstić information content (AvgIpc) is 3.99. The molecule has 10 aliphatic rings. The van der Waals surface area contributed by atoms with Crippen molar-refractivity contribution in [2.24, 2.45) is 46.3 Å². The van der Waals surface area contributed by atoms with Crippen molar-refractivity contribution < 1.29 is 118 Å². The molecule has 0 bridgehead atoms. The maximum absolute atomic E-state index is 13.0. The van der Waals surface area contributed by atoms with Crippen LogP contribution in [0, 0.1) is 46.3 Å². The van der Waals surface area contributed by atoms with Gasteiger partial charge in [-0.25, -0.2) is 0 Å². The van der Waals surface area contributed by atoms with E-state index < -0.39 is 173 Å². The van der Waals surface area contributed by atoms with Gasteiger partial charge >= 0.3 is 5.97 Å². The van der Waals surface area contributed by atoms with E-state index in [2.05, 4.69) is 33.8 Å². The Morgan fingerprint density at radius 2 is 1.29 bits per heavy atom. The summed E-state index contributed by atoms with van der Waals surface area (Å²) in [6, 6.07) is 0. The lowest BCUT2D eigenvalue weighted by atomic mass is 9.46. The summed E-state index contributed by atoms with van der Waals surface area (Å²) in [5, 5.41) is 130. The van der Waals surface area contributed by atoms with Gasteiger partial charge in [-0.1, -0.05) is 39.3 Å². The first-order chi connectivity index (χ1) is 36.1. The Hall–Kier alpha value is -1.67. The molecular weight excluding hydrogens is 1010 g/mol. The standard InChI is InChI=1S/C52H82O24/c1-20-8-11-52(67-18-20)21(2)34-29(76-52)14-27-25-7-6-23-12-24(13-33(68-22(3)56)51(23,5)26(25)9-10-50(27,34)4)69-47-42(65)39(62)43(32(17-55)72-47)73-49-45(75-48-41(64)38(61)36(59)30(15-53)70-48)44(37(60)31(16-54)71-49)74-46-40(63)35(58)28(57)19-66-46/h6,20-21,24-49,53-55,57-65H,7-19H2,1-5H3. The Balaban J connectivity index is 0.861. The van der Waals surface area contributed by atoms with Gasteiger partial charge in [0.25, 0.3) is 0 Å². The number of ether oxygens (including phenoxy) is 11. The highest BCUT2D eigenvalue weighted by molar-refractivity contribution is 5.66. The van der Waals surface area contributed by atoms with Gasteiger partial charge in [0.1, 0.15) is 97.7 Å². The van der Waals surface area contributed by atoms with Gasteiger partial charge in [-0.05, 0) is 73.5 Å². The minimum atomic E-state index is -2.03. The minimum absolute atomic E-state index is 0.0438. The van der Waals surface area contributed by atoms with E-state index in [-0.39, 0.29) is 29.8 Å². The zero-order valence-corrected chi connectivity index (χ0v) is 43.7. The highest BCUT2D eigenvalue weighted by Gasteiger charge is 2.70. The van der Waals surface area contributed by atoms with Crippen LogP contribution in [0.1, 0.15) is 86.0 Å². The molecule has 434 valence electrons. The molecule has 0 amide bonds. The van der Waals surface area contributed by atoms with Crippen LogP contribution in [0.2, 0.25) is 0 Å². The number of allylic oxidation sites excluding steroid dienone is 1. The first-order valence-corrected chi connectivity index (χ1v) is 27.4. The van der Waals surface area contributed by atoms with E-state index in [4.69, 9.17) is 52.1 Å². The Morgan fingerprint density at radius 3 is 1.97 bits per heavy atom. The second kappa shape index (κ2) is 22.2. The van der Waals surface area contributed by atoms with Gasteiger partial charge < -0.3 is 113 Å². The van der Waals surface area contributed by atoms with Crippen LogP contribution in [0.5, 0.6) is 0 Å². The third-order valence-corrected chi connectivity index (χ3v) is 19.8. The van der Waals surface area contributed by atoms with Crippen LogP contribution in [-0.4, -0.2) is 241 Å². The molecule has 4 aliphatic carbocycles. The minimum Gasteiger partial charge on any atom is -0.462 e. The van der Waals surface area contributed by atoms with Crippen LogP contribution in [0.25, 0.3) is 0 Å². The summed E-state index contributed by atoms with van der Waals surface area (Å²) in [4.78, 5) is 13.0. The molecule has 6 saturated heterocycles. The van der Waals surface area contributed by atoms with Crippen molar-refractivity contribution >= 4 is 5.97 Å². The lowest BCUT2D eigenvalue weighted by Gasteiger charge is -2.60. The molecule has 31 unspecified atom stereocenters. The predicted molar refractivity (Wildman–Crippen MR) is 253 cm³/mol. The third kappa shape index (κ3) is 9.85. The summed E-state index contributed by atoms with van der Waals surface area (Å²) in [6.45, 7) is 8.13.